The lowest BCUT2D eigenvalue weighted by Gasteiger charge is -2.24. The lowest BCUT2D eigenvalue weighted by Crippen LogP contribution is -2.19. The maximum Gasteiger partial charge on any atom is 0.0980 e. The molecule has 0 saturated heterocycles. The van der Waals surface area contributed by atoms with Crippen LogP contribution in [-0.2, 0) is 0 Å². The molecule has 0 aromatic rings. The highest BCUT2D eigenvalue weighted by atomic mass is 16.3. The van der Waals surface area contributed by atoms with Crippen LogP contribution < -0.4 is 0 Å². The van der Waals surface area contributed by atoms with E-state index in [2.05, 4.69) is 6.58 Å². The summed E-state index contributed by atoms with van der Waals surface area (Å²) in [4.78, 5) is 0. The van der Waals surface area contributed by atoms with E-state index in [-0.39, 0.29) is 6.61 Å². The maximum atomic E-state index is 9.37. The molecule has 74 valence electrons. The Labute approximate surface area is 79.6 Å². The minimum atomic E-state index is -0.647. The van der Waals surface area contributed by atoms with Crippen LogP contribution in [0.1, 0.15) is 26.2 Å². The van der Waals surface area contributed by atoms with E-state index in [9.17, 15) is 5.11 Å². The van der Waals surface area contributed by atoms with Gasteiger partial charge in [0.25, 0.3) is 0 Å². The molecule has 0 aromatic carbocycles. The monoisotopic (exact) mass is 182 g/mol. The van der Waals surface area contributed by atoms with Crippen molar-refractivity contribution in [1.29, 1.82) is 0 Å². The average molecular weight is 182 g/mol. The van der Waals surface area contributed by atoms with E-state index >= 15 is 0 Å². The zero-order chi connectivity index (χ0) is 9.84. The zero-order valence-electron chi connectivity index (χ0n) is 8.16. The molecule has 1 aliphatic carbocycles. The van der Waals surface area contributed by atoms with Crippen LogP contribution in [0.4, 0.5) is 0 Å². The summed E-state index contributed by atoms with van der Waals surface area (Å²) >= 11 is 0. The second-order valence-electron chi connectivity index (χ2n) is 3.80. The Morgan fingerprint density at radius 3 is 2.85 bits per heavy atom. The van der Waals surface area contributed by atoms with Crippen molar-refractivity contribution < 1.29 is 10.2 Å². The Balaban J connectivity index is 2.52. The first-order chi connectivity index (χ1) is 6.15. The largest absolute Gasteiger partial charge is 0.393 e. The van der Waals surface area contributed by atoms with Crippen molar-refractivity contribution in [2.75, 3.05) is 6.61 Å². The summed E-state index contributed by atoms with van der Waals surface area (Å²) in [6, 6.07) is 0. The van der Waals surface area contributed by atoms with Gasteiger partial charge in [0.2, 0.25) is 0 Å². The SMILES string of the molecule is C=C(C)C1CC=C(C(O)CO)CC1. The normalized spacial score (nSPS) is 25.2. The fourth-order valence-corrected chi connectivity index (χ4v) is 1.72. The third-order valence-corrected chi connectivity index (χ3v) is 2.74. The van der Waals surface area contributed by atoms with Gasteiger partial charge in [-0.3, -0.25) is 0 Å². The lowest BCUT2D eigenvalue weighted by molar-refractivity contribution is 0.117. The molecular formula is C11H18O2. The predicted molar refractivity (Wildman–Crippen MR) is 53.3 cm³/mol. The van der Waals surface area contributed by atoms with Gasteiger partial charge in [0, 0.05) is 0 Å². The zero-order valence-corrected chi connectivity index (χ0v) is 8.16. The smallest absolute Gasteiger partial charge is 0.0980 e. The van der Waals surface area contributed by atoms with Crippen molar-refractivity contribution in [2.45, 2.75) is 32.3 Å². The first kappa shape index (κ1) is 10.5. The molecule has 1 aliphatic rings. The van der Waals surface area contributed by atoms with Crippen LogP contribution in [0.2, 0.25) is 0 Å². The number of hydrogen-bond donors (Lipinski definition) is 2. The molecule has 2 unspecified atom stereocenters. The Morgan fingerprint density at radius 1 is 1.77 bits per heavy atom. The third kappa shape index (κ3) is 2.68. The molecule has 2 atom stereocenters. The van der Waals surface area contributed by atoms with Gasteiger partial charge in [0.1, 0.15) is 0 Å². The van der Waals surface area contributed by atoms with E-state index in [0.717, 1.165) is 24.8 Å². The molecule has 0 aliphatic heterocycles. The molecule has 2 nitrogen and oxygen atoms in total. The average Bonchev–Trinajstić information content (AvgIpc) is 2.17. The highest BCUT2D eigenvalue weighted by Gasteiger charge is 2.18. The number of aliphatic hydroxyl groups is 2. The molecular weight excluding hydrogens is 164 g/mol. The molecule has 0 radical (unpaired) electrons. The summed E-state index contributed by atoms with van der Waals surface area (Å²) in [5, 5.41) is 18.1. The Hall–Kier alpha value is -0.600. The van der Waals surface area contributed by atoms with Crippen LogP contribution in [0.15, 0.2) is 23.8 Å². The summed E-state index contributed by atoms with van der Waals surface area (Å²) < 4.78 is 0. The summed E-state index contributed by atoms with van der Waals surface area (Å²) in [6.45, 7) is 5.81. The van der Waals surface area contributed by atoms with Crippen LogP contribution in [0.5, 0.6) is 0 Å². The van der Waals surface area contributed by atoms with E-state index in [4.69, 9.17) is 5.11 Å². The van der Waals surface area contributed by atoms with E-state index in [1.165, 1.54) is 5.57 Å². The quantitative estimate of drug-likeness (QED) is 0.651. The van der Waals surface area contributed by atoms with Crippen molar-refractivity contribution in [2.24, 2.45) is 5.92 Å². The van der Waals surface area contributed by atoms with E-state index in [1.807, 2.05) is 13.0 Å². The van der Waals surface area contributed by atoms with Crippen LogP contribution >= 0.6 is 0 Å². The van der Waals surface area contributed by atoms with Gasteiger partial charge in [-0.25, -0.2) is 0 Å². The van der Waals surface area contributed by atoms with Gasteiger partial charge in [-0.2, -0.15) is 0 Å². The minimum Gasteiger partial charge on any atom is -0.393 e. The first-order valence-electron chi connectivity index (χ1n) is 4.78. The second kappa shape index (κ2) is 4.58. The van der Waals surface area contributed by atoms with Gasteiger partial charge >= 0.3 is 0 Å². The Bertz CT molecular complexity index is 218. The Morgan fingerprint density at radius 2 is 2.46 bits per heavy atom. The molecule has 13 heavy (non-hydrogen) atoms. The molecule has 2 heteroatoms. The fraction of sp³-hybridized carbons (Fsp3) is 0.636. The third-order valence-electron chi connectivity index (χ3n) is 2.74. The van der Waals surface area contributed by atoms with Crippen molar-refractivity contribution in [3.05, 3.63) is 23.8 Å². The molecule has 0 amide bonds. The summed E-state index contributed by atoms with van der Waals surface area (Å²) in [7, 11) is 0. The van der Waals surface area contributed by atoms with Crippen molar-refractivity contribution in [1.82, 2.24) is 0 Å². The lowest BCUT2D eigenvalue weighted by atomic mass is 9.84. The summed E-state index contributed by atoms with van der Waals surface area (Å²) in [6.07, 6.45) is 4.30. The fourth-order valence-electron chi connectivity index (χ4n) is 1.72. The van der Waals surface area contributed by atoms with Gasteiger partial charge in [-0.1, -0.05) is 18.2 Å². The highest BCUT2D eigenvalue weighted by Crippen LogP contribution is 2.29. The number of aliphatic hydroxyl groups excluding tert-OH is 2. The number of hydrogen-bond acceptors (Lipinski definition) is 2. The van der Waals surface area contributed by atoms with Gasteiger partial charge in [0.05, 0.1) is 12.7 Å². The van der Waals surface area contributed by atoms with Crippen molar-refractivity contribution in [3.63, 3.8) is 0 Å². The van der Waals surface area contributed by atoms with Crippen molar-refractivity contribution in [3.8, 4) is 0 Å². The maximum absolute atomic E-state index is 9.37. The molecule has 0 fully saturated rings. The summed E-state index contributed by atoms with van der Waals surface area (Å²) in [5.41, 5.74) is 2.20. The topological polar surface area (TPSA) is 40.5 Å². The standard InChI is InChI=1S/C11H18O2/c1-8(2)9-3-5-10(6-4-9)11(13)7-12/h5,9,11-13H,1,3-4,6-7H2,2H3. The Kier molecular flexibility index (Phi) is 3.70. The van der Waals surface area contributed by atoms with E-state index < -0.39 is 6.10 Å². The second-order valence-corrected chi connectivity index (χ2v) is 3.80. The summed E-state index contributed by atoms with van der Waals surface area (Å²) in [5.74, 6) is 0.564. The highest BCUT2D eigenvalue weighted by molar-refractivity contribution is 5.15. The van der Waals surface area contributed by atoms with E-state index in [1.54, 1.807) is 0 Å². The molecule has 1 rings (SSSR count). The van der Waals surface area contributed by atoms with Gasteiger partial charge in [-0.05, 0) is 37.7 Å². The molecule has 2 N–H and O–H groups in total. The molecule has 0 bridgehead atoms. The molecule has 0 heterocycles. The number of rotatable bonds is 3. The minimum absolute atomic E-state index is 0.163. The van der Waals surface area contributed by atoms with Crippen LogP contribution in [0, 0.1) is 5.92 Å². The molecule has 0 saturated carbocycles. The van der Waals surface area contributed by atoms with E-state index in [0.29, 0.717) is 5.92 Å². The number of allylic oxidation sites excluding steroid dienone is 2. The first-order valence-corrected chi connectivity index (χ1v) is 4.78. The van der Waals surface area contributed by atoms with Gasteiger partial charge in [0.15, 0.2) is 0 Å². The van der Waals surface area contributed by atoms with Crippen LogP contribution in [-0.4, -0.2) is 22.9 Å². The van der Waals surface area contributed by atoms with Crippen molar-refractivity contribution >= 4 is 0 Å². The molecule has 0 spiro atoms. The molecule has 0 aromatic heterocycles. The van der Waals surface area contributed by atoms with Crippen LogP contribution in [0.3, 0.4) is 0 Å². The predicted octanol–water partition coefficient (Wildman–Crippen LogP) is 1.64. The van der Waals surface area contributed by atoms with Gasteiger partial charge in [-0.15, -0.1) is 0 Å². The van der Waals surface area contributed by atoms with Crippen LogP contribution in [0.25, 0.3) is 0 Å². The van der Waals surface area contributed by atoms with Gasteiger partial charge < -0.3 is 10.2 Å².